The molecule has 0 radical (unpaired) electrons. The van der Waals surface area contributed by atoms with Gasteiger partial charge in [-0.25, -0.2) is 4.98 Å². The molecule has 2 bridgehead atoms. The lowest BCUT2D eigenvalue weighted by Gasteiger charge is -2.37. The van der Waals surface area contributed by atoms with Gasteiger partial charge >= 0.3 is 0 Å². The third kappa shape index (κ3) is 2.54. The van der Waals surface area contributed by atoms with Crippen LogP contribution in [0.25, 0.3) is 0 Å². The van der Waals surface area contributed by atoms with Gasteiger partial charge in [0.2, 0.25) is 0 Å². The molecule has 3 rings (SSSR count). The molecule has 1 aromatic heterocycles. The molecule has 0 aliphatic carbocycles. The first kappa shape index (κ1) is 13.1. The van der Waals surface area contributed by atoms with Crippen molar-refractivity contribution >= 4 is 17.2 Å². The highest BCUT2D eigenvalue weighted by atomic mass is 32.1. The summed E-state index contributed by atoms with van der Waals surface area (Å²) in [6.45, 7) is 4.79. The van der Waals surface area contributed by atoms with Crippen molar-refractivity contribution in [3.05, 3.63) is 16.1 Å². The smallest absolute Gasteiger partial charge is 0.273 e. The maximum Gasteiger partial charge on any atom is 0.273 e. The lowest BCUT2D eigenvalue weighted by atomic mass is 9.98. The van der Waals surface area contributed by atoms with Crippen molar-refractivity contribution in [3.8, 4) is 0 Å². The number of fused-ring (bicyclic) bond motifs is 2. The normalized spacial score (nSPS) is 29.5. The number of amides is 1. The summed E-state index contributed by atoms with van der Waals surface area (Å²) in [5.74, 6) is 0.109. The lowest BCUT2D eigenvalue weighted by molar-refractivity contribution is 0.0626. The lowest BCUT2D eigenvalue weighted by Crippen LogP contribution is -2.50. The van der Waals surface area contributed by atoms with Crippen molar-refractivity contribution < 1.29 is 4.79 Å². The van der Waals surface area contributed by atoms with E-state index in [4.69, 9.17) is 0 Å². The van der Waals surface area contributed by atoms with Crippen molar-refractivity contribution in [2.75, 3.05) is 6.54 Å². The van der Waals surface area contributed by atoms with E-state index in [1.165, 1.54) is 12.8 Å². The molecule has 2 unspecified atom stereocenters. The van der Waals surface area contributed by atoms with Crippen molar-refractivity contribution in [3.63, 3.8) is 0 Å². The number of carbonyl (C=O) groups is 1. The molecule has 4 nitrogen and oxygen atoms in total. The van der Waals surface area contributed by atoms with E-state index in [-0.39, 0.29) is 5.91 Å². The number of aromatic nitrogens is 1. The summed E-state index contributed by atoms with van der Waals surface area (Å²) in [6.07, 6.45) is 4.73. The summed E-state index contributed by atoms with van der Waals surface area (Å²) < 4.78 is 0. The third-order valence-electron chi connectivity index (χ3n) is 4.33. The van der Waals surface area contributed by atoms with Crippen LogP contribution in [0, 0.1) is 6.92 Å². The van der Waals surface area contributed by atoms with Crippen molar-refractivity contribution in [1.82, 2.24) is 15.2 Å². The zero-order valence-electron chi connectivity index (χ0n) is 11.6. The van der Waals surface area contributed by atoms with Gasteiger partial charge in [-0.1, -0.05) is 0 Å². The summed E-state index contributed by atoms with van der Waals surface area (Å²) in [5.41, 5.74) is 0.621. The van der Waals surface area contributed by atoms with Crippen molar-refractivity contribution in [2.24, 2.45) is 0 Å². The van der Waals surface area contributed by atoms with Gasteiger partial charge in [0.25, 0.3) is 5.91 Å². The molecule has 1 aromatic rings. The highest BCUT2D eigenvalue weighted by Crippen LogP contribution is 2.30. The van der Waals surface area contributed by atoms with E-state index in [0.717, 1.165) is 24.4 Å². The molecule has 19 heavy (non-hydrogen) atoms. The molecule has 1 amide bonds. The molecule has 2 aliphatic heterocycles. The molecule has 0 saturated carbocycles. The Bertz CT molecular complexity index is 461. The monoisotopic (exact) mass is 279 g/mol. The van der Waals surface area contributed by atoms with E-state index >= 15 is 0 Å². The predicted octanol–water partition coefficient (Wildman–Crippen LogP) is 2.20. The topological polar surface area (TPSA) is 45.2 Å². The van der Waals surface area contributed by atoms with Crippen LogP contribution in [0.5, 0.6) is 0 Å². The number of hydrogen-bond donors (Lipinski definition) is 1. The van der Waals surface area contributed by atoms with E-state index in [9.17, 15) is 4.79 Å². The molecule has 104 valence electrons. The van der Waals surface area contributed by atoms with Gasteiger partial charge in [-0.3, -0.25) is 4.79 Å². The van der Waals surface area contributed by atoms with Crippen molar-refractivity contribution in [1.29, 1.82) is 0 Å². The summed E-state index contributed by atoms with van der Waals surface area (Å²) in [4.78, 5) is 18.9. The maximum atomic E-state index is 12.6. The molecule has 2 atom stereocenters. The van der Waals surface area contributed by atoms with E-state index < -0.39 is 0 Å². The van der Waals surface area contributed by atoms with Gasteiger partial charge in [0, 0.05) is 30.1 Å². The maximum absolute atomic E-state index is 12.6. The van der Waals surface area contributed by atoms with Crippen LogP contribution in [0.4, 0.5) is 0 Å². The molecule has 3 heterocycles. The minimum absolute atomic E-state index is 0.109. The van der Waals surface area contributed by atoms with Crippen LogP contribution in [0.1, 0.15) is 48.1 Å². The molecular weight excluding hydrogens is 258 g/mol. The van der Waals surface area contributed by atoms with Crippen molar-refractivity contribution in [2.45, 2.75) is 57.7 Å². The second kappa shape index (κ2) is 5.21. The summed E-state index contributed by atoms with van der Waals surface area (Å²) >= 11 is 1.55. The van der Waals surface area contributed by atoms with Gasteiger partial charge in [-0.05, 0) is 39.5 Å². The fourth-order valence-corrected chi connectivity index (χ4v) is 4.04. The largest absolute Gasteiger partial charge is 0.334 e. The van der Waals surface area contributed by atoms with Crippen LogP contribution in [0.15, 0.2) is 5.38 Å². The van der Waals surface area contributed by atoms with Crippen LogP contribution in [0.3, 0.4) is 0 Å². The summed E-state index contributed by atoms with van der Waals surface area (Å²) in [6, 6.07) is 1.61. The minimum atomic E-state index is 0.109. The molecule has 1 N–H and O–H groups in total. The van der Waals surface area contributed by atoms with Gasteiger partial charge in [0.05, 0.1) is 5.01 Å². The Morgan fingerprint density at radius 2 is 2.16 bits per heavy atom. The van der Waals surface area contributed by atoms with Gasteiger partial charge in [0.15, 0.2) is 0 Å². The van der Waals surface area contributed by atoms with Gasteiger partial charge in [0.1, 0.15) is 5.69 Å². The number of nitrogens with zero attached hydrogens (tertiary/aromatic N) is 2. The Morgan fingerprint density at radius 3 is 2.68 bits per heavy atom. The third-order valence-corrected chi connectivity index (χ3v) is 5.10. The van der Waals surface area contributed by atoms with Crippen LogP contribution in [-0.4, -0.2) is 40.5 Å². The molecule has 0 aromatic carbocycles. The van der Waals surface area contributed by atoms with E-state index in [2.05, 4.69) is 17.2 Å². The number of nitrogens with one attached hydrogen (secondary N) is 1. The molecule has 0 spiro atoms. The molecule has 2 saturated heterocycles. The number of aryl methyl sites for hydroxylation is 1. The second-order valence-electron chi connectivity index (χ2n) is 5.61. The number of rotatable bonds is 3. The van der Waals surface area contributed by atoms with E-state index in [1.807, 2.05) is 17.2 Å². The van der Waals surface area contributed by atoms with E-state index in [0.29, 0.717) is 23.8 Å². The van der Waals surface area contributed by atoms with Gasteiger partial charge in [-0.2, -0.15) is 0 Å². The summed E-state index contributed by atoms with van der Waals surface area (Å²) in [7, 11) is 0. The molecular formula is C14H21N3OS. The summed E-state index contributed by atoms with van der Waals surface area (Å²) in [5, 5.41) is 6.48. The number of thiazole rings is 1. The van der Waals surface area contributed by atoms with Gasteiger partial charge in [-0.15, -0.1) is 11.3 Å². The zero-order chi connectivity index (χ0) is 13.4. The van der Waals surface area contributed by atoms with Crippen LogP contribution in [0.2, 0.25) is 0 Å². The second-order valence-corrected chi connectivity index (χ2v) is 6.67. The number of carbonyl (C=O) groups excluding carboxylic acids is 1. The number of piperidine rings is 1. The van der Waals surface area contributed by atoms with Crippen LogP contribution in [-0.2, 0) is 0 Å². The first-order valence-corrected chi connectivity index (χ1v) is 8.04. The average Bonchev–Trinajstić information content (AvgIpc) is 2.97. The average molecular weight is 279 g/mol. The first-order valence-electron chi connectivity index (χ1n) is 7.16. The molecule has 5 heteroatoms. The fraction of sp³-hybridized carbons (Fsp3) is 0.714. The Kier molecular flexibility index (Phi) is 3.58. The zero-order valence-corrected chi connectivity index (χ0v) is 12.4. The molecule has 2 aliphatic rings. The van der Waals surface area contributed by atoms with Crippen LogP contribution < -0.4 is 5.32 Å². The standard InChI is InChI=1S/C14H21N3OS/c1-3-17(14(18)13-8-19-9(2)15-13)12-6-10-4-5-11(7-12)16-10/h8,10-12,16H,3-7H2,1-2H3. The minimum Gasteiger partial charge on any atom is -0.334 e. The fourth-order valence-electron chi connectivity index (χ4n) is 3.46. The van der Waals surface area contributed by atoms with E-state index in [1.54, 1.807) is 11.3 Å². The quantitative estimate of drug-likeness (QED) is 0.922. The highest BCUT2D eigenvalue weighted by molar-refractivity contribution is 7.09. The Morgan fingerprint density at radius 1 is 1.47 bits per heavy atom. The predicted molar refractivity (Wildman–Crippen MR) is 76.5 cm³/mol. The Labute approximate surface area is 118 Å². The van der Waals surface area contributed by atoms with Gasteiger partial charge < -0.3 is 10.2 Å². The van der Waals surface area contributed by atoms with Crippen LogP contribution >= 0.6 is 11.3 Å². The first-order chi connectivity index (χ1) is 9.17. The number of hydrogen-bond acceptors (Lipinski definition) is 4. The molecule has 2 fully saturated rings. The Hall–Kier alpha value is -0.940. The SMILES string of the molecule is CCN(C(=O)c1csc(C)n1)C1CC2CCC(C1)N2. The highest BCUT2D eigenvalue weighted by Gasteiger charge is 2.37. The Balaban J connectivity index is 1.75.